The molecular weight excluding hydrogens is 309 g/mol. The molecule has 3 rings (SSSR count). The van der Waals surface area contributed by atoms with Crippen molar-refractivity contribution in [3.8, 4) is 0 Å². The molecule has 1 saturated carbocycles. The lowest BCUT2D eigenvalue weighted by Gasteiger charge is -2.35. The molecule has 0 atom stereocenters. The minimum Gasteiger partial charge on any atom is -0.292 e. The van der Waals surface area contributed by atoms with Crippen molar-refractivity contribution in [2.75, 3.05) is 0 Å². The van der Waals surface area contributed by atoms with Gasteiger partial charge in [0.2, 0.25) is 0 Å². The second kappa shape index (κ2) is 6.13. The molecule has 2 aliphatic rings. The topological polar surface area (TPSA) is 52.6 Å². The summed E-state index contributed by atoms with van der Waals surface area (Å²) in [5, 5.41) is 8.82. The summed E-state index contributed by atoms with van der Waals surface area (Å²) >= 11 is 0. The predicted molar refractivity (Wildman–Crippen MR) is 76.7 cm³/mol. The lowest BCUT2D eigenvalue weighted by molar-refractivity contribution is -0.184. The first-order valence-corrected chi connectivity index (χ1v) is 7.76. The molecule has 7 heteroatoms. The average molecular weight is 328 g/mol. The predicted octanol–water partition coefficient (Wildman–Crippen LogP) is 3.24. The number of hydrogen-bond acceptors (Lipinski definition) is 3. The fourth-order valence-electron chi connectivity index (χ4n) is 3.75. The number of hydroxylamine groups is 1. The summed E-state index contributed by atoms with van der Waals surface area (Å²) in [6.07, 6.45) is -2.69. The van der Waals surface area contributed by atoms with E-state index in [1.807, 2.05) is 6.07 Å². The van der Waals surface area contributed by atoms with Crippen LogP contribution in [0.15, 0.2) is 18.2 Å². The molecule has 1 aliphatic carbocycles. The number of fused-ring (bicyclic) bond motifs is 1. The van der Waals surface area contributed by atoms with Gasteiger partial charge in [-0.3, -0.25) is 14.9 Å². The molecule has 126 valence electrons. The molecule has 0 saturated heterocycles. The van der Waals surface area contributed by atoms with Gasteiger partial charge in [-0.05, 0) is 42.9 Å². The maximum Gasteiger partial charge on any atom is 0.391 e. The van der Waals surface area contributed by atoms with Gasteiger partial charge in [-0.25, -0.2) is 5.48 Å². The van der Waals surface area contributed by atoms with Crippen molar-refractivity contribution in [2.45, 2.75) is 51.0 Å². The van der Waals surface area contributed by atoms with Crippen LogP contribution in [0.4, 0.5) is 13.2 Å². The largest absolute Gasteiger partial charge is 0.391 e. The average Bonchev–Trinajstić information content (AvgIpc) is 2.97. The number of benzene rings is 1. The van der Waals surface area contributed by atoms with E-state index in [4.69, 9.17) is 5.21 Å². The molecule has 1 aromatic carbocycles. The Morgan fingerprint density at radius 3 is 2.48 bits per heavy atom. The fraction of sp³-hybridized carbons (Fsp3) is 0.562. The molecule has 1 aromatic rings. The summed E-state index contributed by atoms with van der Waals surface area (Å²) in [5.74, 6) is -1.73. The Morgan fingerprint density at radius 2 is 1.87 bits per heavy atom. The van der Waals surface area contributed by atoms with Gasteiger partial charge >= 0.3 is 6.18 Å². The second-order valence-electron chi connectivity index (χ2n) is 6.34. The molecule has 1 aliphatic heterocycles. The summed E-state index contributed by atoms with van der Waals surface area (Å²) in [7, 11) is 0. The van der Waals surface area contributed by atoms with E-state index < -0.39 is 18.0 Å². The number of hydrogen-bond donors (Lipinski definition) is 2. The summed E-state index contributed by atoms with van der Waals surface area (Å²) in [5.41, 5.74) is 3.93. The smallest absolute Gasteiger partial charge is 0.292 e. The van der Waals surface area contributed by atoms with Crippen molar-refractivity contribution in [1.29, 1.82) is 0 Å². The monoisotopic (exact) mass is 328 g/mol. The highest BCUT2D eigenvalue weighted by Gasteiger charge is 2.42. The van der Waals surface area contributed by atoms with Gasteiger partial charge in [-0.2, -0.15) is 13.2 Å². The van der Waals surface area contributed by atoms with E-state index in [2.05, 4.69) is 4.90 Å². The Bertz CT molecular complexity index is 595. The lowest BCUT2D eigenvalue weighted by Crippen LogP contribution is -2.37. The Morgan fingerprint density at radius 1 is 1.17 bits per heavy atom. The number of rotatable bonds is 2. The van der Waals surface area contributed by atoms with Crippen molar-refractivity contribution < 1.29 is 23.2 Å². The molecule has 0 aromatic heterocycles. The van der Waals surface area contributed by atoms with Crippen molar-refractivity contribution >= 4 is 5.91 Å². The first-order chi connectivity index (χ1) is 10.9. The van der Waals surface area contributed by atoms with E-state index in [1.165, 1.54) is 0 Å². The van der Waals surface area contributed by atoms with E-state index >= 15 is 0 Å². The van der Waals surface area contributed by atoms with Gasteiger partial charge < -0.3 is 0 Å². The number of nitrogens with zero attached hydrogens (tertiary/aromatic N) is 1. The van der Waals surface area contributed by atoms with E-state index in [9.17, 15) is 18.0 Å². The second-order valence-corrected chi connectivity index (χ2v) is 6.34. The van der Waals surface area contributed by atoms with Crippen LogP contribution in [0.3, 0.4) is 0 Å². The molecule has 1 heterocycles. The van der Waals surface area contributed by atoms with Crippen LogP contribution in [-0.4, -0.2) is 28.2 Å². The number of halogens is 3. The van der Waals surface area contributed by atoms with Gasteiger partial charge in [0.15, 0.2) is 0 Å². The molecule has 0 unspecified atom stereocenters. The third kappa shape index (κ3) is 3.21. The van der Waals surface area contributed by atoms with E-state index in [0.717, 1.165) is 11.1 Å². The van der Waals surface area contributed by atoms with E-state index in [-0.39, 0.29) is 18.9 Å². The SMILES string of the molecule is O=C(NO)c1cccc2c1CN([C@H]1CC[C@@H](C(F)(F)F)CC1)C2. The van der Waals surface area contributed by atoms with Crippen LogP contribution in [0.2, 0.25) is 0 Å². The van der Waals surface area contributed by atoms with Crippen LogP contribution in [-0.2, 0) is 13.1 Å². The molecule has 0 spiro atoms. The van der Waals surface area contributed by atoms with E-state index in [0.29, 0.717) is 31.5 Å². The van der Waals surface area contributed by atoms with Gasteiger partial charge in [-0.1, -0.05) is 12.1 Å². The number of amides is 1. The molecule has 23 heavy (non-hydrogen) atoms. The minimum absolute atomic E-state index is 0.117. The third-order valence-electron chi connectivity index (χ3n) is 5.03. The highest BCUT2D eigenvalue weighted by Crippen LogP contribution is 2.40. The van der Waals surface area contributed by atoms with Crippen LogP contribution in [0.25, 0.3) is 0 Å². The molecule has 1 amide bonds. The Balaban J connectivity index is 1.68. The summed E-state index contributed by atoms with van der Waals surface area (Å²) < 4.78 is 38.3. The zero-order valence-electron chi connectivity index (χ0n) is 12.6. The zero-order chi connectivity index (χ0) is 16.6. The van der Waals surface area contributed by atoms with Gasteiger partial charge in [0.25, 0.3) is 5.91 Å². The molecule has 0 bridgehead atoms. The Hall–Kier alpha value is -1.60. The van der Waals surface area contributed by atoms with Gasteiger partial charge in [-0.15, -0.1) is 0 Å². The fourth-order valence-corrected chi connectivity index (χ4v) is 3.75. The van der Waals surface area contributed by atoms with Gasteiger partial charge in [0.05, 0.1) is 5.92 Å². The van der Waals surface area contributed by atoms with Crippen LogP contribution >= 0.6 is 0 Å². The molecule has 1 fully saturated rings. The molecule has 2 N–H and O–H groups in total. The van der Waals surface area contributed by atoms with E-state index in [1.54, 1.807) is 17.6 Å². The van der Waals surface area contributed by atoms with Crippen LogP contribution in [0.5, 0.6) is 0 Å². The molecular formula is C16H19F3N2O2. The normalized spacial score (nSPS) is 25.2. The van der Waals surface area contributed by atoms with Crippen molar-refractivity contribution in [3.05, 3.63) is 34.9 Å². The number of carbonyl (C=O) groups excluding carboxylic acids is 1. The van der Waals surface area contributed by atoms with Crippen molar-refractivity contribution in [1.82, 2.24) is 10.4 Å². The van der Waals surface area contributed by atoms with Crippen LogP contribution in [0.1, 0.15) is 47.2 Å². The highest BCUT2D eigenvalue weighted by atomic mass is 19.4. The van der Waals surface area contributed by atoms with Gasteiger partial charge in [0, 0.05) is 24.7 Å². The highest BCUT2D eigenvalue weighted by molar-refractivity contribution is 5.95. The zero-order valence-corrected chi connectivity index (χ0v) is 12.6. The molecule has 0 radical (unpaired) electrons. The van der Waals surface area contributed by atoms with Crippen LogP contribution < -0.4 is 5.48 Å². The number of nitrogens with one attached hydrogen (secondary N) is 1. The first-order valence-electron chi connectivity index (χ1n) is 7.76. The lowest BCUT2D eigenvalue weighted by atomic mass is 9.85. The summed E-state index contributed by atoms with van der Waals surface area (Å²) in [4.78, 5) is 13.8. The summed E-state index contributed by atoms with van der Waals surface area (Å²) in [6, 6.07) is 5.44. The minimum atomic E-state index is -4.09. The maximum absolute atomic E-state index is 12.8. The third-order valence-corrected chi connectivity index (χ3v) is 5.03. The van der Waals surface area contributed by atoms with Crippen molar-refractivity contribution in [3.63, 3.8) is 0 Å². The standard InChI is InChI=1S/C16H19F3N2O2/c17-16(18,19)11-4-6-12(7-5-11)21-8-10-2-1-3-13(14(10)9-21)15(22)20-23/h1-3,11-12,23H,4-9H2,(H,20,22)/t11-,12+. The van der Waals surface area contributed by atoms with Crippen molar-refractivity contribution in [2.24, 2.45) is 5.92 Å². The number of alkyl halides is 3. The molecule has 4 nitrogen and oxygen atoms in total. The summed E-state index contributed by atoms with van der Waals surface area (Å²) in [6.45, 7) is 1.18. The Labute approximate surface area is 132 Å². The van der Waals surface area contributed by atoms with Crippen LogP contribution in [0, 0.1) is 5.92 Å². The quantitative estimate of drug-likeness (QED) is 0.647. The first kappa shape index (κ1) is 16.3. The maximum atomic E-state index is 12.8. The van der Waals surface area contributed by atoms with Gasteiger partial charge in [0.1, 0.15) is 0 Å². The Kier molecular flexibility index (Phi) is 4.33. The number of carbonyl (C=O) groups is 1.